The Hall–Kier alpha value is -4.39. The average molecular weight is 512 g/mol. The van der Waals surface area contributed by atoms with Crippen molar-refractivity contribution in [2.24, 2.45) is 5.92 Å². The minimum Gasteiger partial charge on any atom is -0.466 e. The van der Waals surface area contributed by atoms with Crippen molar-refractivity contribution in [3.8, 4) is 11.1 Å². The van der Waals surface area contributed by atoms with E-state index in [1.807, 2.05) is 50.5 Å². The highest BCUT2D eigenvalue weighted by Crippen LogP contribution is 2.27. The van der Waals surface area contributed by atoms with Gasteiger partial charge in [-0.2, -0.15) is 0 Å². The Bertz CT molecular complexity index is 1300. The lowest BCUT2D eigenvalue weighted by atomic mass is 9.96. The predicted octanol–water partition coefficient (Wildman–Crippen LogP) is 4.67. The first kappa shape index (κ1) is 26.7. The molecule has 1 saturated heterocycles. The lowest BCUT2D eigenvalue weighted by Gasteiger charge is -2.30. The van der Waals surface area contributed by atoms with Crippen molar-refractivity contribution in [3.63, 3.8) is 0 Å². The SMILES string of the molecule is COC(=O)/C=C/c1cccc(N(Cc2ccc(-c3ccc(N(C)C)cc3)cc2)C(=O)[C@@H]2CCC(=O)NC2)c1. The van der Waals surface area contributed by atoms with Crippen molar-refractivity contribution in [1.82, 2.24) is 5.32 Å². The summed E-state index contributed by atoms with van der Waals surface area (Å²) >= 11 is 0. The number of amides is 2. The third-order valence-electron chi connectivity index (χ3n) is 6.69. The number of rotatable bonds is 8. The maximum atomic E-state index is 13.7. The van der Waals surface area contributed by atoms with Crippen molar-refractivity contribution >= 4 is 35.2 Å². The van der Waals surface area contributed by atoms with Gasteiger partial charge in [-0.05, 0) is 59.0 Å². The Morgan fingerprint density at radius 2 is 1.66 bits per heavy atom. The van der Waals surface area contributed by atoms with E-state index in [0.717, 1.165) is 33.6 Å². The standard InChI is InChI=1S/C31H33N3O4/c1-33(2)27-15-12-25(13-16-27)24-10-7-23(8-11-24)21-34(31(37)26-14-17-29(35)32-20-26)28-6-4-5-22(19-28)9-18-30(36)38-3/h4-13,15-16,18-19,26H,14,17,20-21H2,1-3H3,(H,32,35)/b18-9+/t26-/m1/s1. The second-order valence-electron chi connectivity index (χ2n) is 9.55. The Kier molecular flexibility index (Phi) is 8.58. The van der Waals surface area contributed by atoms with Crippen LogP contribution in [-0.2, 0) is 25.7 Å². The number of nitrogens with zero attached hydrogens (tertiary/aromatic N) is 2. The number of carbonyl (C=O) groups is 3. The molecule has 4 rings (SSSR count). The third-order valence-corrected chi connectivity index (χ3v) is 6.69. The van der Waals surface area contributed by atoms with Crippen LogP contribution in [0.1, 0.15) is 24.0 Å². The van der Waals surface area contributed by atoms with Crippen molar-refractivity contribution < 1.29 is 19.1 Å². The molecule has 1 heterocycles. The molecular formula is C31H33N3O4. The minimum absolute atomic E-state index is 0.0234. The van der Waals surface area contributed by atoms with Gasteiger partial charge in [-0.3, -0.25) is 9.59 Å². The monoisotopic (exact) mass is 511 g/mol. The number of ether oxygens (including phenoxy) is 1. The van der Waals surface area contributed by atoms with E-state index < -0.39 is 5.97 Å². The number of anilines is 2. The van der Waals surface area contributed by atoms with Crippen LogP contribution >= 0.6 is 0 Å². The van der Waals surface area contributed by atoms with Crippen LogP contribution in [0.4, 0.5) is 11.4 Å². The zero-order valence-electron chi connectivity index (χ0n) is 22.0. The molecule has 1 atom stereocenters. The van der Waals surface area contributed by atoms with Gasteiger partial charge in [0.15, 0.2) is 0 Å². The van der Waals surface area contributed by atoms with Crippen LogP contribution in [0.25, 0.3) is 17.2 Å². The maximum Gasteiger partial charge on any atom is 0.330 e. The van der Waals surface area contributed by atoms with Gasteiger partial charge in [-0.25, -0.2) is 4.79 Å². The molecule has 1 fully saturated rings. The van der Waals surface area contributed by atoms with Crippen LogP contribution in [0.15, 0.2) is 78.9 Å². The maximum absolute atomic E-state index is 13.7. The van der Waals surface area contributed by atoms with Gasteiger partial charge in [-0.15, -0.1) is 0 Å². The number of nitrogens with one attached hydrogen (secondary N) is 1. The quantitative estimate of drug-likeness (QED) is 0.351. The summed E-state index contributed by atoms with van der Waals surface area (Å²) in [4.78, 5) is 40.7. The number of benzene rings is 3. The summed E-state index contributed by atoms with van der Waals surface area (Å²) in [5.41, 5.74) is 5.85. The molecule has 196 valence electrons. The van der Waals surface area contributed by atoms with Gasteiger partial charge in [-0.1, -0.05) is 48.5 Å². The largest absolute Gasteiger partial charge is 0.466 e. The van der Waals surface area contributed by atoms with Gasteiger partial charge in [0, 0.05) is 44.5 Å². The molecule has 0 unspecified atom stereocenters. The topological polar surface area (TPSA) is 79.0 Å². The Morgan fingerprint density at radius 3 is 2.26 bits per heavy atom. The van der Waals surface area contributed by atoms with E-state index in [2.05, 4.69) is 51.4 Å². The van der Waals surface area contributed by atoms with Gasteiger partial charge in [0.25, 0.3) is 0 Å². The normalized spacial score (nSPS) is 15.1. The third kappa shape index (κ3) is 6.68. The van der Waals surface area contributed by atoms with Crippen molar-refractivity contribution in [2.75, 3.05) is 37.5 Å². The fraction of sp³-hybridized carbons (Fsp3) is 0.258. The molecule has 3 aromatic rings. The number of hydrogen-bond donors (Lipinski definition) is 1. The van der Waals surface area contributed by atoms with Crippen LogP contribution in [0.2, 0.25) is 0 Å². The highest BCUT2D eigenvalue weighted by molar-refractivity contribution is 5.96. The smallest absolute Gasteiger partial charge is 0.330 e. The minimum atomic E-state index is -0.447. The highest BCUT2D eigenvalue weighted by atomic mass is 16.5. The second kappa shape index (κ2) is 12.2. The number of hydrogen-bond acceptors (Lipinski definition) is 5. The Morgan fingerprint density at radius 1 is 0.974 bits per heavy atom. The molecule has 3 aromatic carbocycles. The zero-order valence-corrected chi connectivity index (χ0v) is 22.0. The molecule has 7 nitrogen and oxygen atoms in total. The van der Waals surface area contributed by atoms with E-state index in [-0.39, 0.29) is 17.7 Å². The molecule has 0 bridgehead atoms. The molecule has 1 aliphatic rings. The van der Waals surface area contributed by atoms with E-state index in [1.54, 1.807) is 11.0 Å². The summed E-state index contributed by atoms with van der Waals surface area (Å²) in [5, 5.41) is 2.82. The Balaban J connectivity index is 1.59. The summed E-state index contributed by atoms with van der Waals surface area (Å²) < 4.78 is 4.69. The predicted molar refractivity (Wildman–Crippen MR) is 151 cm³/mol. The van der Waals surface area contributed by atoms with E-state index >= 15 is 0 Å². The van der Waals surface area contributed by atoms with Crippen molar-refractivity contribution in [3.05, 3.63) is 90.0 Å². The first-order valence-corrected chi connectivity index (χ1v) is 12.6. The van der Waals surface area contributed by atoms with E-state index in [4.69, 9.17) is 0 Å². The van der Waals surface area contributed by atoms with E-state index in [1.165, 1.54) is 13.2 Å². The average Bonchev–Trinajstić information content (AvgIpc) is 2.95. The van der Waals surface area contributed by atoms with Crippen LogP contribution in [0.3, 0.4) is 0 Å². The zero-order chi connectivity index (χ0) is 27.1. The van der Waals surface area contributed by atoms with Crippen LogP contribution in [0.5, 0.6) is 0 Å². The molecule has 2 amide bonds. The molecule has 0 saturated carbocycles. The second-order valence-corrected chi connectivity index (χ2v) is 9.55. The molecule has 1 N–H and O–H groups in total. The van der Waals surface area contributed by atoms with Crippen LogP contribution in [0, 0.1) is 5.92 Å². The van der Waals surface area contributed by atoms with Gasteiger partial charge < -0.3 is 19.9 Å². The fourth-order valence-corrected chi connectivity index (χ4v) is 4.43. The summed E-state index contributed by atoms with van der Waals surface area (Å²) in [6, 6.07) is 24.1. The number of methoxy groups -OCH3 is 1. The number of piperidine rings is 1. The number of esters is 1. The molecule has 7 heteroatoms. The first-order valence-electron chi connectivity index (χ1n) is 12.6. The summed E-state index contributed by atoms with van der Waals surface area (Å²) in [6.45, 7) is 0.714. The molecule has 0 spiro atoms. The highest BCUT2D eigenvalue weighted by Gasteiger charge is 2.29. The fourth-order valence-electron chi connectivity index (χ4n) is 4.43. The van der Waals surface area contributed by atoms with E-state index in [0.29, 0.717) is 25.9 Å². The van der Waals surface area contributed by atoms with Gasteiger partial charge >= 0.3 is 5.97 Å². The van der Waals surface area contributed by atoms with Gasteiger partial charge in [0.05, 0.1) is 19.6 Å². The first-order chi connectivity index (χ1) is 18.3. The molecular weight excluding hydrogens is 478 g/mol. The van der Waals surface area contributed by atoms with Gasteiger partial charge in [0.2, 0.25) is 11.8 Å². The van der Waals surface area contributed by atoms with Crippen molar-refractivity contribution in [2.45, 2.75) is 19.4 Å². The summed E-state index contributed by atoms with van der Waals surface area (Å²) in [6.07, 6.45) is 3.87. The van der Waals surface area contributed by atoms with E-state index in [9.17, 15) is 14.4 Å². The molecule has 38 heavy (non-hydrogen) atoms. The molecule has 1 aliphatic heterocycles. The summed E-state index contributed by atoms with van der Waals surface area (Å²) in [5.74, 6) is -0.804. The van der Waals surface area contributed by atoms with Gasteiger partial charge in [0.1, 0.15) is 0 Å². The van der Waals surface area contributed by atoms with Crippen molar-refractivity contribution in [1.29, 1.82) is 0 Å². The van der Waals surface area contributed by atoms with Crippen LogP contribution < -0.4 is 15.1 Å². The Labute approximate surface area is 223 Å². The van der Waals surface area contributed by atoms with Crippen LogP contribution in [-0.4, -0.2) is 45.5 Å². The summed E-state index contributed by atoms with van der Waals surface area (Å²) in [7, 11) is 5.36. The lowest BCUT2D eigenvalue weighted by molar-refractivity contribution is -0.134. The molecule has 0 radical (unpaired) electrons. The molecule has 0 aliphatic carbocycles. The molecule has 0 aromatic heterocycles. The lowest BCUT2D eigenvalue weighted by Crippen LogP contribution is -2.44. The number of carbonyl (C=O) groups excluding carboxylic acids is 3.